The van der Waals surface area contributed by atoms with Crippen molar-refractivity contribution in [1.29, 1.82) is 0 Å². The molecule has 2 amide bonds. The predicted octanol–water partition coefficient (Wildman–Crippen LogP) is 3.86. The SMILES string of the molecule is Nc1nc(OCc2ccc(CNC(=O)CCC(=O)N3Cc4ccccc4C#Cc4ccccc43)cc2)c2nc[nH]c2n1. The summed E-state index contributed by atoms with van der Waals surface area (Å²) < 4.78 is 5.82. The van der Waals surface area contributed by atoms with Crippen molar-refractivity contribution in [2.24, 2.45) is 0 Å². The summed E-state index contributed by atoms with van der Waals surface area (Å²) in [4.78, 5) is 43.0. The van der Waals surface area contributed by atoms with E-state index in [1.807, 2.05) is 72.8 Å². The number of nitrogens with two attached hydrogens (primary N) is 1. The summed E-state index contributed by atoms with van der Waals surface area (Å²) in [5, 5.41) is 2.91. The third kappa shape index (κ3) is 5.90. The highest BCUT2D eigenvalue weighted by Crippen LogP contribution is 2.26. The summed E-state index contributed by atoms with van der Waals surface area (Å²) >= 11 is 0. The zero-order chi connectivity index (χ0) is 28.9. The summed E-state index contributed by atoms with van der Waals surface area (Å²) in [6.45, 7) is 1.01. The molecule has 1 aliphatic heterocycles. The number of H-pyrrole nitrogens is 1. The Morgan fingerprint density at radius 2 is 1.67 bits per heavy atom. The molecule has 0 radical (unpaired) electrons. The number of benzene rings is 3. The van der Waals surface area contributed by atoms with Crippen molar-refractivity contribution >= 4 is 34.6 Å². The van der Waals surface area contributed by atoms with Crippen molar-refractivity contribution < 1.29 is 14.3 Å². The molecule has 2 aromatic heterocycles. The van der Waals surface area contributed by atoms with Crippen molar-refractivity contribution in [3.63, 3.8) is 0 Å². The Labute approximate surface area is 242 Å². The van der Waals surface area contributed by atoms with Crippen LogP contribution < -0.4 is 20.7 Å². The molecular weight excluding hydrogens is 530 g/mol. The first-order valence-corrected chi connectivity index (χ1v) is 13.5. The number of nitrogens with zero attached hydrogens (tertiary/aromatic N) is 4. The van der Waals surface area contributed by atoms with Crippen LogP contribution in [0.1, 0.15) is 40.7 Å². The summed E-state index contributed by atoms with van der Waals surface area (Å²) in [7, 11) is 0. The molecule has 0 atom stereocenters. The standard InChI is InChI=1S/C32H27N7O3/c33-32-37-30-29(35-20-36-30)31(38-32)42-19-22-11-9-21(10-12-22)17-34-27(40)15-16-28(41)39-18-25-7-2-1-5-23(25)13-14-24-6-3-4-8-26(24)39/h1-12,20H,15-19H2,(H,34,40)(H3,33,35,36,37,38). The van der Waals surface area contributed by atoms with Gasteiger partial charge in [0.25, 0.3) is 0 Å². The topological polar surface area (TPSA) is 139 Å². The molecule has 0 saturated heterocycles. The lowest BCUT2D eigenvalue weighted by Gasteiger charge is -2.26. The molecule has 0 aliphatic carbocycles. The fraction of sp³-hybridized carbons (Fsp3) is 0.156. The quantitative estimate of drug-likeness (QED) is 0.246. The number of hydrogen-bond acceptors (Lipinski definition) is 7. The van der Waals surface area contributed by atoms with Crippen LogP contribution in [-0.4, -0.2) is 31.8 Å². The number of imidazole rings is 1. The minimum Gasteiger partial charge on any atom is -0.471 e. The molecule has 10 heteroatoms. The van der Waals surface area contributed by atoms with Crippen LogP contribution in [-0.2, 0) is 29.3 Å². The Hall–Kier alpha value is -5.69. The summed E-state index contributed by atoms with van der Waals surface area (Å²) in [5.74, 6) is 6.49. The van der Waals surface area contributed by atoms with Gasteiger partial charge in [0.05, 0.1) is 18.6 Å². The Balaban J connectivity index is 1.02. The smallest absolute Gasteiger partial charge is 0.247 e. The molecule has 0 spiro atoms. The maximum absolute atomic E-state index is 13.4. The molecule has 5 aromatic rings. The molecule has 208 valence electrons. The van der Waals surface area contributed by atoms with Gasteiger partial charge in [-0.05, 0) is 34.9 Å². The molecule has 6 rings (SSSR count). The highest BCUT2D eigenvalue weighted by Gasteiger charge is 2.21. The second-order valence-corrected chi connectivity index (χ2v) is 9.77. The summed E-state index contributed by atoms with van der Waals surface area (Å²) in [6.07, 6.45) is 1.68. The van der Waals surface area contributed by atoms with Crippen molar-refractivity contribution in [2.45, 2.75) is 32.5 Å². The molecule has 4 N–H and O–H groups in total. The van der Waals surface area contributed by atoms with Crippen LogP contribution in [0.3, 0.4) is 0 Å². The molecule has 0 unspecified atom stereocenters. The molecular formula is C32H27N7O3. The van der Waals surface area contributed by atoms with E-state index >= 15 is 0 Å². The zero-order valence-electron chi connectivity index (χ0n) is 22.6. The van der Waals surface area contributed by atoms with Gasteiger partial charge in [-0.1, -0.05) is 66.4 Å². The van der Waals surface area contributed by atoms with Crippen LogP contribution in [0.5, 0.6) is 5.88 Å². The van der Waals surface area contributed by atoms with E-state index in [4.69, 9.17) is 10.5 Å². The van der Waals surface area contributed by atoms with Gasteiger partial charge in [-0.25, -0.2) is 4.98 Å². The lowest BCUT2D eigenvalue weighted by Crippen LogP contribution is -2.33. The van der Waals surface area contributed by atoms with Crippen LogP contribution in [0.2, 0.25) is 0 Å². The molecule has 0 saturated carbocycles. The number of anilines is 2. The second kappa shape index (κ2) is 11.8. The van der Waals surface area contributed by atoms with E-state index in [0.29, 0.717) is 30.1 Å². The lowest BCUT2D eigenvalue weighted by molar-refractivity contribution is -0.125. The number of carbonyl (C=O) groups is 2. The second-order valence-electron chi connectivity index (χ2n) is 9.77. The molecule has 0 bridgehead atoms. The number of carbonyl (C=O) groups excluding carboxylic acids is 2. The average Bonchev–Trinajstić information content (AvgIpc) is 3.48. The third-order valence-electron chi connectivity index (χ3n) is 6.89. The van der Waals surface area contributed by atoms with Crippen molar-refractivity contribution in [2.75, 3.05) is 10.6 Å². The number of ether oxygens (including phenoxy) is 1. The van der Waals surface area contributed by atoms with Gasteiger partial charge in [-0.15, -0.1) is 0 Å². The van der Waals surface area contributed by atoms with Gasteiger partial charge in [0.2, 0.25) is 23.6 Å². The molecule has 0 fully saturated rings. The van der Waals surface area contributed by atoms with Crippen molar-refractivity contribution in [3.05, 3.63) is 107 Å². The van der Waals surface area contributed by atoms with Crippen LogP contribution in [0.4, 0.5) is 11.6 Å². The maximum atomic E-state index is 13.4. The van der Waals surface area contributed by atoms with Crippen molar-refractivity contribution in [1.82, 2.24) is 25.3 Å². The van der Waals surface area contributed by atoms with E-state index in [9.17, 15) is 9.59 Å². The van der Waals surface area contributed by atoms with E-state index in [1.165, 1.54) is 6.33 Å². The monoisotopic (exact) mass is 557 g/mol. The number of fused-ring (bicyclic) bond motifs is 3. The Morgan fingerprint density at radius 1 is 0.929 bits per heavy atom. The minimum atomic E-state index is -0.194. The number of aromatic nitrogens is 4. The average molecular weight is 558 g/mol. The highest BCUT2D eigenvalue weighted by molar-refractivity contribution is 5.96. The number of rotatable bonds is 8. The number of para-hydroxylation sites is 1. The Bertz CT molecular complexity index is 1840. The minimum absolute atomic E-state index is 0.0838. The molecule has 3 aromatic carbocycles. The molecule has 10 nitrogen and oxygen atoms in total. The maximum Gasteiger partial charge on any atom is 0.247 e. The molecule has 1 aliphatic rings. The fourth-order valence-corrected chi connectivity index (χ4v) is 4.68. The Morgan fingerprint density at radius 3 is 2.52 bits per heavy atom. The predicted molar refractivity (Wildman–Crippen MR) is 158 cm³/mol. The van der Waals surface area contributed by atoms with E-state index in [0.717, 1.165) is 33.5 Å². The number of nitrogen functional groups attached to an aromatic ring is 1. The first-order chi connectivity index (χ1) is 20.5. The van der Waals surface area contributed by atoms with E-state index in [1.54, 1.807) is 4.90 Å². The van der Waals surface area contributed by atoms with Crippen LogP contribution in [0, 0.1) is 11.8 Å². The number of aromatic amines is 1. The van der Waals surface area contributed by atoms with Crippen LogP contribution >= 0.6 is 0 Å². The van der Waals surface area contributed by atoms with Gasteiger partial charge >= 0.3 is 0 Å². The molecule has 42 heavy (non-hydrogen) atoms. The first-order valence-electron chi connectivity index (χ1n) is 13.5. The highest BCUT2D eigenvalue weighted by atomic mass is 16.5. The Kier molecular flexibility index (Phi) is 7.46. The fourth-order valence-electron chi connectivity index (χ4n) is 4.68. The summed E-state index contributed by atoms with van der Waals surface area (Å²) in [5.41, 5.74) is 12.0. The van der Waals surface area contributed by atoms with Crippen molar-refractivity contribution in [3.8, 4) is 17.7 Å². The largest absolute Gasteiger partial charge is 0.471 e. The zero-order valence-corrected chi connectivity index (χ0v) is 22.6. The lowest BCUT2D eigenvalue weighted by atomic mass is 10.0. The van der Waals surface area contributed by atoms with Gasteiger partial charge in [0.1, 0.15) is 6.61 Å². The third-order valence-corrected chi connectivity index (χ3v) is 6.89. The van der Waals surface area contributed by atoms with Gasteiger partial charge < -0.3 is 25.7 Å². The normalized spacial score (nSPS) is 11.9. The van der Waals surface area contributed by atoms with Gasteiger partial charge in [0, 0.05) is 30.5 Å². The number of nitrogens with one attached hydrogen (secondary N) is 2. The van der Waals surface area contributed by atoms with Crippen LogP contribution in [0.15, 0.2) is 79.1 Å². The van der Waals surface area contributed by atoms with E-state index < -0.39 is 0 Å². The summed E-state index contributed by atoms with van der Waals surface area (Å²) in [6, 6.07) is 23.1. The van der Waals surface area contributed by atoms with Gasteiger partial charge in [-0.3, -0.25) is 9.59 Å². The van der Waals surface area contributed by atoms with E-state index in [2.05, 4.69) is 37.1 Å². The van der Waals surface area contributed by atoms with Gasteiger partial charge in [-0.2, -0.15) is 9.97 Å². The number of amides is 2. The van der Waals surface area contributed by atoms with Crippen LogP contribution in [0.25, 0.3) is 11.2 Å². The van der Waals surface area contributed by atoms with E-state index in [-0.39, 0.29) is 37.2 Å². The first kappa shape index (κ1) is 26.5. The van der Waals surface area contributed by atoms with Gasteiger partial charge in [0.15, 0.2) is 11.2 Å². The number of hydrogen-bond donors (Lipinski definition) is 3. The molecule has 3 heterocycles.